The zero-order valence-electron chi connectivity index (χ0n) is 15.7. The molecule has 0 aliphatic carbocycles. The first-order chi connectivity index (χ1) is 13.8. The van der Waals surface area contributed by atoms with Gasteiger partial charge >= 0.3 is 0 Å². The number of halogens is 2. The third kappa shape index (κ3) is 5.61. The smallest absolute Gasteiger partial charge is 0.261 e. The van der Waals surface area contributed by atoms with Crippen LogP contribution in [0.25, 0.3) is 0 Å². The summed E-state index contributed by atoms with van der Waals surface area (Å²) in [6, 6.07) is 8.53. The molecular weight excluding hydrogens is 437 g/mol. The van der Waals surface area contributed by atoms with Gasteiger partial charge in [0, 0.05) is 25.3 Å². The number of carbonyl (C=O) groups excluding carboxylic acids is 2. The topological polar surface area (TPSA) is 90.9 Å². The van der Waals surface area contributed by atoms with Crippen LogP contribution in [0, 0.1) is 0 Å². The lowest BCUT2D eigenvalue weighted by Gasteiger charge is -2.31. The van der Waals surface area contributed by atoms with Gasteiger partial charge in [-0.15, -0.1) is 11.3 Å². The number of amides is 2. The molecule has 2 amide bonds. The van der Waals surface area contributed by atoms with Crippen LogP contribution in [-0.4, -0.2) is 55.4 Å². The Bertz CT molecular complexity index is 892. The van der Waals surface area contributed by atoms with Crippen LogP contribution >= 0.6 is 34.5 Å². The average molecular weight is 458 g/mol. The van der Waals surface area contributed by atoms with Crippen molar-refractivity contribution in [2.45, 2.75) is 19.1 Å². The molecule has 0 radical (unpaired) electrons. The number of ether oxygens (including phenoxy) is 1. The summed E-state index contributed by atoms with van der Waals surface area (Å²) >= 11 is 13.4. The van der Waals surface area contributed by atoms with E-state index >= 15 is 0 Å². The van der Waals surface area contributed by atoms with E-state index in [0.29, 0.717) is 38.8 Å². The van der Waals surface area contributed by atoms with E-state index in [2.05, 4.69) is 10.6 Å². The van der Waals surface area contributed by atoms with Crippen LogP contribution in [0.3, 0.4) is 0 Å². The van der Waals surface area contributed by atoms with Crippen molar-refractivity contribution in [3.8, 4) is 0 Å². The number of benzene rings is 1. The first-order valence-corrected chi connectivity index (χ1v) is 10.6. The van der Waals surface area contributed by atoms with Crippen molar-refractivity contribution in [2.75, 3.05) is 36.5 Å². The summed E-state index contributed by atoms with van der Waals surface area (Å²) in [5.74, 6) is -0.408. The number of aliphatic hydroxyl groups is 1. The SMILES string of the molecule is CC1OCCN(c2ccc(NCC(O)CNC(=O)c3ccc(Cl)s3)cc2Cl)C1=O. The van der Waals surface area contributed by atoms with E-state index in [4.69, 9.17) is 27.9 Å². The molecule has 0 bridgehead atoms. The normalized spacial score (nSPS) is 17.9. The van der Waals surface area contributed by atoms with E-state index in [-0.39, 0.29) is 24.9 Å². The molecule has 29 heavy (non-hydrogen) atoms. The van der Waals surface area contributed by atoms with Crippen LogP contribution < -0.4 is 15.5 Å². The Kier molecular flexibility index (Phi) is 7.37. The van der Waals surface area contributed by atoms with Gasteiger partial charge < -0.3 is 25.4 Å². The number of nitrogens with one attached hydrogen (secondary N) is 2. The van der Waals surface area contributed by atoms with Crippen molar-refractivity contribution in [1.29, 1.82) is 0 Å². The molecule has 2 unspecified atom stereocenters. The van der Waals surface area contributed by atoms with Gasteiger partial charge in [-0.25, -0.2) is 0 Å². The van der Waals surface area contributed by atoms with Gasteiger partial charge in [0.1, 0.15) is 6.10 Å². The highest BCUT2D eigenvalue weighted by Gasteiger charge is 2.28. The summed E-state index contributed by atoms with van der Waals surface area (Å²) in [4.78, 5) is 26.3. The summed E-state index contributed by atoms with van der Waals surface area (Å²) in [5, 5.41) is 16.3. The Balaban J connectivity index is 1.51. The number of nitrogens with zero attached hydrogens (tertiary/aromatic N) is 1. The fourth-order valence-corrected chi connectivity index (χ4v) is 4.08. The molecule has 1 fully saturated rings. The highest BCUT2D eigenvalue weighted by atomic mass is 35.5. The lowest BCUT2D eigenvalue weighted by molar-refractivity contribution is -0.132. The Morgan fingerprint density at radius 1 is 1.34 bits per heavy atom. The van der Waals surface area contributed by atoms with Crippen molar-refractivity contribution in [2.24, 2.45) is 0 Å². The number of aliphatic hydroxyl groups excluding tert-OH is 1. The molecule has 0 spiro atoms. The fraction of sp³-hybridized carbons (Fsp3) is 0.368. The van der Waals surface area contributed by atoms with Crippen LogP contribution in [-0.2, 0) is 9.53 Å². The standard InChI is InChI=1S/C19H21Cl2N3O4S/c1-11-19(27)24(6-7-28-11)15-3-2-12(8-14(15)20)22-9-13(25)10-23-18(26)16-4-5-17(21)29-16/h2-5,8,11,13,22,25H,6-7,9-10H2,1H3,(H,23,26). The molecule has 1 aromatic carbocycles. The maximum atomic E-state index is 12.3. The molecule has 1 aliphatic rings. The molecule has 156 valence electrons. The maximum Gasteiger partial charge on any atom is 0.261 e. The fourth-order valence-electron chi connectivity index (χ4n) is 2.84. The Morgan fingerprint density at radius 2 is 2.14 bits per heavy atom. The van der Waals surface area contributed by atoms with Gasteiger partial charge in [0.05, 0.1) is 32.6 Å². The van der Waals surface area contributed by atoms with Crippen molar-refractivity contribution in [3.63, 3.8) is 0 Å². The number of hydrogen-bond acceptors (Lipinski definition) is 6. The van der Waals surface area contributed by atoms with E-state index < -0.39 is 12.2 Å². The molecule has 1 aromatic heterocycles. The van der Waals surface area contributed by atoms with Crippen LogP contribution in [0.1, 0.15) is 16.6 Å². The summed E-state index contributed by atoms with van der Waals surface area (Å²) < 4.78 is 5.86. The minimum Gasteiger partial charge on any atom is -0.389 e. The molecule has 2 heterocycles. The van der Waals surface area contributed by atoms with Gasteiger partial charge in [-0.2, -0.15) is 0 Å². The van der Waals surface area contributed by atoms with E-state index in [1.165, 1.54) is 11.3 Å². The zero-order valence-corrected chi connectivity index (χ0v) is 18.0. The van der Waals surface area contributed by atoms with E-state index in [0.717, 1.165) is 0 Å². The number of anilines is 2. The van der Waals surface area contributed by atoms with E-state index in [1.54, 1.807) is 42.2 Å². The quantitative estimate of drug-likeness (QED) is 0.594. The summed E-state index contributed by atoms with van der Waals surface area (Å²) in [6.45, 7) is 2.93. The first-order valence-electron chi connectivity index (χ1n) is 9.03. The van der Waals surface area contributed by atoms with Crippen LogP contribution in [0.2, 0.25) is 9.36 Å². The number of thiophene rings is 1. The Hall–Kier alpha value is -1.84. The predicted octanol–water partition coefficient (Wildman–Crippen LogP) is 3.01. The zero-order chi connectivity index (χ0) is 21.0. The van der Waals surface area contributed by atoms with Crippen LogP contribution in [0.5, 0.6) is 0 Å². The van der Waals surface area contributed by atoms with Gasteiger partial charge in [-0.05, 0) is 37.3 Å². The molecule has 7 nitrogen and oxygen atoms in total. The molecule has 1 aliphatic heterocycles. The van der Waals surface area contributed by atoms with Crippen molar-refractivity contribution < 1.29 is 19.4 Å². The van der Waals surface area contributed by atoms with E-state index in [1.807, 2.05) is 0 Å². The Labute approximate surface area is 182 Å². The van der Waals surface area contributed by atoms with Crippen molar-refractivity contribution >= 4 is 57.7 Å². The van der Waals surface area contributed by atoms with Gasteiger partial charge in [0.25, 0.3) is 11.8 Å². The largest absolute Gasteiger partial charge is 0.389 e. The third-order valence-electron chi connectivity index (χ3n) is 4.37. The molecule has 1 saturated heterocycles. The second-order valence-corrected chi connectivity index (χ2v) is 8.64. The summed E-state index contributed by atoms with van der Waals surface area (Å²) in [6.07, 6.45) is -1.29. The first kappa shape index (κ1) is 21.9. The van der Waals surface area contributed by atoms with E-state index in [9.17, 15) is 14.7 Å². The lowest BCUT2D eigenvalue weighted by Crippen LogP contribution is -2.46. The van der Waals surface area contributed by atoms with Gasteiger partial charge in [0.15, 0.2) is 0 Å². The molecule has 3 N–H and O–H groups in total. The van der Waals surface area contributed by atoms with Crippen molar-refractivity contribution in [3.05, 3.63) is 44.6 Å². The maximum absolute atomic E-state index is 12.3. The molecule has 2 aromatic rings. The highest BCUT2D eigenvalue weighted by molar-refractivity contribution is 7.18. The number of carbonyl (C=O) groups is 2. The van der Waals surface area contributed by atoms with Crippen LogP contribution in [0.15, 0.2) is 30.3 Å². The average Bonchev–Trinajstić information content (AvgIpc) is 3.13. The van der Waals surface area contributed by atoms with Crippen molar-refractivity contribution in [1.82, 2.24) is 5.32 Å². The molecular formula is C19H21Cl2N3O4S. The molecule has 0 saturated carbocycles. The monoisotopic (exact) mass is 457 g/mol. The molecule has 2 atom stereocenters. The van der Waals surface area contributed by atoms with Gasteiger partial charge in [0.2, 0.25) is 0 Å². The molecule has 3 rings (SSSR count). The number of rotatable bonds is 7. The number of hydrogen-bond donors (Lipinski definition) is 3. The summed E-state index contributed by atoms with van der Waals surface area (Å²) in [5.41, 5.74) is 1.32. The Morgan fingerprint density at radius 3 is 2.83 bits per heavy atom. The van der Waals surface area contributed by atoms with Gasteiger partial charge in [-0.3, -0.25) is 9.59 Å². The minimum atomic E-state index is -0.797. The highest BCUT2D eigenvalue weighted by Crippen LogP contribution is 2.30. The number of morpholine rings is 1. The molecule has 10 heteroatoms. The lowest BCUT2D eigenvalue weighted by atomic mass is 10.2. The second-order valence-electron chi connectivity index (χ2n) is 6.52. The minimum absolute atomic E-state index is 0.0906. The van der Waals surface area contributed by atoms with Gasteiger partial charge in [-0.1, -0.05) is 23.2 Å². The van der Waals surface area contributed by atoms with Crippen LogP contribution in [0.4, 0.5) is 11.4 Å². The summed E-state index contributed by atoms with van der Waals surface area (Å²) in [7, 11) is 0. The third-order valence-corrected chi connectivity index (χ3v) is 5.90. The predicted molar refractivity (Wildman–Crippen MR) is 115 cm³/mol. The second kappa shape index (κ2) is 9.77.